The van der Waals surface area contributed by atoms with Crippen molar-refractivity contribution in [3.05, 3.63) is 65.0 Å². The Labute approximate surface area is 345 Å². The zero-order valence-electron chi connectivity index (χ0n) is 33.2. The molecule has 5 aliphatic rings. The molecule has 0 radical (unpaired) electrons. The summed E-state index contributed by atoms with van der Waals surface area (Å²) in [6.45, 7) is 6.76. The highest BCUT2D eigenvalue weighted by atomic mass is 16.5. The van der Waals surface area contributed by atoms with E-state index >= 15 is 0 Å². The molecular weight excluding hydrogens is 777 g/mol. The monoisotopic (exact) mass is 824 g/mol. The number of hydrogen-bond acceptors (Lipinski definition) is 14. The van der Waals surface area contributed by atoms with Crippen molar-refractivity contribution in [2.45, 2.75) is 44.7 Å². The molecule has 0 saturated carbocycles. The fourth-order valence-corrected chi connectivity index (χ4v) is 8.44. The van der Waals surface area contributed by atoms with Gasteiger partial charge in [0.2, 0.25) is 23.6 Å². The summed E-state index contributed by atoms with van der Waals surface area (Å²) in [6, 6.07) is 10.1. The lowest BCUT2D eigenvalue weighted by Gasteiger charge is -2.36. The number of ether oxygens (including phenoxy) is 1. The smallest absolute Gasteiger partial charge is 0.298 e. The number of hydrogen-bond donors (Lipinski definition) is 4. The molecule has 1 unspecified atom stereocenters. The van der Waals surface area contributed by atoms with Crippen LogP contribution in [-0.2, 0) is 30.5 Å². The highest BCUT2D eigenvalue weighted by Crippen LogP contribution is 2.34. The van der Waals surface area contributed by atoms with Crippen molar-refractivity contribution in [1.29, 1.82) is 0 Å². The Morgan fingerprint density at radius 1 is 0.867 bits per heavy atom. The van der Waals surface area contributed by atoms with Crippen molar-refractivity contribution in [3.8, 4) is 0 Å². The van der Waals surface area contributed by atoms with Crippen LogP contribution in [0.25, 0.3) is 0 Å². The van der Waals surface area contributed by atoms with Crippen molar-refractivity contribution in [2.75, 3.05) is 92.5 Å². The van der Waals surface area contributed by atoms with Crippen LogP contribution in [-0.4, -0.2) is 139 Å². The average Bonchev–Trinajstić information content (AvgIpc) is 3.85. The molecule has 2 aromatic carbocycles. The van der Waals surface area contributed by atoms with E-state index in [4.69, 9.17) is 14.9 Å². The number of amides is 7. The molecule has 316 valence electrons. The maximum Gasteiger partial charge on any atom is 0.298 e. The Hall–Kier alpha value is -6.34. The molecule has 60 heavy (non-hydrogen) atoms. The van der Waals surface area contributed by atoms with Gasteiger partial charge < -0.3 is 40.2 Å². The van der Waals surface area contributed by atoms with E-state index in [1.165, 1.54) is 12.3 Å². The molecule has 0 aliphatic carbocycles. The van der Waals surface area contributed by atoms with Crippen LogP contribution in [0.15, 0.2) is 47.1 Å². The third-order valence-corrected chi connectivity index (χ3v) is 11.8. The van der Waals surface area contributed by atoms with Gasteiger partial charge in [-0.25, -0.2) is 0 Å². The number of imide groups is 2. The third-order valence-electron chi connectivity index (χ3n) is 11.8. The minimum Gasteiger partial charge on any atom is -0.431 e. The first-order valence-corrected chi connectivity index (χ1v) is 20.4. The van der Waals surface area contributed by atoms with Crippen molar-refractivity contribution in [3.63, 3.8) is 0 Å². The van der Waals surface area contributed by atoms with Crippen molar-refractivity contribution >= 4 is 64.4 Å². The SMILES string of the molecule is NC(=O)C1CCN(c2cc(CN3CCN(C(=O)CCNc4cccc5c4C(=O)N(C4CCC(=O)NC4=O)C5=O)CC3)ccc2NC(=O)c2coc(N3CCOCC3)n2)CC1. The molecule has 0 spiro atoms. The van der Waals surface area contributed by atoms with E-state index < -0.39 is 35.6 Å². The number of fused-ring (bicyclic) bond motifs is 1. The number of oxazole rings is 1. The van der Waals surface area contributed by atoms with Gasteiger partial charge in [-0.1, -0.05) is 12.1 Å². The molecule has 19 heteroatoms. The van der Waals surface area contributed by atoms with Gasteiger partial charge in [0.25, 0.3) is 23.7 Å². The summed E-state index contributed by atoms with van der Waals surface area (Å²) in [6.07, 6.45) is 2.83. The summed E-state index contributed by atoms with van der Waals surface area (Å²) < 4.78 is 11.0. The van der Waals surface area contributed by atoms with Crippen molar-refractivity contribution in [2.24, 2.45) is 11.7 Å². The van der Waals surface area contributed by atoms with Gasteiger partial charge >= 0.3 is 0 Å². The fraction of sp³-hybridized carbons (Fsp3) is 0.463. The van der Waals surface area contributed by atoms with Crippen LogP contribution in [0, 0.1) is 5.92 Å². The molecule has 8 rings (SSSR count). The Morgan fingerprint density at radius 3 is 2.37 bits per heavy atom. The first kappa shape index (κ1) is 40.4. The Kier molecular flexibility index (Phi) is 11.8. The van der Waals surface area contributed by atoms with Crippen LogP contribution in [0.5, 0.6) is 0 Å². The van der Waals surface area contributed by atoms with Crippen LogP contribution < -0.4 is 31.5 Å². The summed E-state index contributed by atoms with van der Waals surface area (Å²) >= 11 is 0. The molecule has 4 saturated heterocycles. The predicted molar refractivity (Wildman–Crippen MR) is 216 cm³/mol. The van der Waals surface area contributed by atoms with Crippen LogP contribution >= 0.6 is 0 Å². The fourth-order valence-electron chi connectivity index (χ4n) is 8.44. The first-order chi connectivity index (χ1) is 29.0. The van der Waals surface area contributed by atoms with Gasteiger partial charge in [-0.05, 0) is 49.1 Å². The average molecular weight is 825 g/mol. The molecule has 0 bridgehead atoms. The lowest BCUT2D eigenvalue weighted by atomic mass is 9.95. The number of piperazine rings is 1. The molecular formula is C41H48N10O9. The van der Waals surface area contributed by atoms with E-state index in [2.05, 4.69) is 36.8 Å². The number of piperidine rings is 2. The van der Waals surface area contributed by atoms with Gasteiger partial charge in [0.1, 0.15) is 12.3 Å². The number of nitrogens with one attached hydrogen (secondary N) is 3. The lowest BCUT2D eigenvalue weighted by Crippen LogP contribution is -2.54. The van der Waals surface area contributed by atoms with Gasteiger partial charge in [-0.2, -0.15) is 4.98 Å². The summed E-state index contributed by atoms with van der Waals surface area (Å²) in [5.41, 5.74) is 8.97. The molecule has 6 heterocycles. The van der Waals surface area contributed by atoms with E-state index in [-0.39, 0.29) is 60.4 Å². The number of benzene rings is 2. The summed E-state index contributed by atoms with van der Waals surface area (Å²) in [5, 5.41) is 8.38. The Morgan fingerprint density at radius 2 is 1.63 bits per heavy atom. The van der Waals surface area contributed by atoms with Crippen LogP contribution in [0.2, 0.25) is 0 Å². The van der Waals surface area contributed by atoms with E-state index in [0.29, 0.717) is 102 Å². The number of primary amides is 1. The number of carbonyl (C=O) groups excluding carboxylic acids is 7. The zero-order chi connectivity index (χ0) is 41.9. The summed E-state index contributed by atoms with van der Waals surface area (Å²) in [5.74, 6) is -3.27. The van der Waals surface area contributed by atoms with Gasteiger partial charge in [0.05, 0.1) is 35.7 Å². The molecule has 1 aromatic heterocycles. The number of rotatable bonds is 12. The molecule has 4 fully saturated rings. The molecule has 7 amide bonds. The molecule has 5 N–H and O–H groups in total. The summed E-state index contributed by atoms with van der Waals surface area (Å²) in [7, 11) is 0. The highest BCUT2D eigenvalue weighted by molar-refractivity contribution is 6.25. The second-order valence-electron chi connectivity index (χ2n) is 15.6. The van der Waals surface area contributed by atoms with Gasteiger partial charge in [-0.3, -0.25) is 48.7 Å². The molecule has 3 aromatic rings. The third kappa shape index (κ3) is 8.53. The standard InChI is InChI=1S/C41H48N10O9/c42-36(54)26-9-12-48(13-10-26)32-22-25(4-5-28(32)44-37(55)30-24-60-41(45-30)50-18-20-59-21-19-50)23-47-14-16-49(17-15-47)34(53)8-11-43-29-3-1-2-27-35(29)40(58)51(39(27)57)31-6-7-33(52)46-38(31)56/h1-5,22,24,26,31,43H,6-21,23H2,(H2,42,54)(H,44,55)(H,46,52,56). The Balaban J connectivity index is 0.858. The van der Waals surface area contributed by atoms with E-state index in [1.807, 2.05) is 21.9 Å². The van der Waals surface area contributed by atoms with Crippen molar-refractivity contribution < 1.29 is 42.7 Å². The second-order valence-corrected chi connectivity index (χ2v) is 15.6. The first-order valence-electron chi connectivity index (χ1n) is 20.4. The molecule has 1 atom stereocenters. The number of aromatic nitrogens is 1. The molecule has 5 aliphatic heterocycles. The number of carbonyl (C=O) groups is 7. The Bertz CT molecular complexity index is 2190. The minimum absolute atomic E-state index is 0.0314. The van der Waals surface area contributed by atoms with Gasteiger partial charge in [0, 0.05) is 89.9 Å². The largest absolute Gasteiger partial charge is 0.431 e. The van der Waals surface area contributed by atoms with E-state index in [0.717, 1.165) is 16.2 Å². The predicted octanol–water partition coefficient (Wildman–Crippen LogP) is 1.01. The van der Waals surface area contributed by atoms with Crippen LogP contribution in [0.4, 0.5) is 23.1 Å². The number of anilines is 4. The van der Waals surface area contributed by atoms with Crippen LogP contribution in [0.1, 0.15) is 68.9 Å². The maximum absolute atomic E-state index is 13.4. The number of nitrogens with zero attached hydrogens (tertiary/aromatic N) is 6. The minimum atomic E-state index is -1.06. The van der Waals surface area contributed by atoms with Crippen LogP contribution in [0.3, 0.4) is 0 Å². The highest BCUT2D eigenvalue weighted by Gasteiger charge is 2.45. The van der Waals surface area contributed by atoms with E-state index in [1.54, 1.807) is 12.1 Å². The summed E-state index contributed by atoms with van der Waals surface area (Å²) in [4.78, 5) is 103. The maximum atomic E-state index is 13.4. The zero-order valence-corrected chi connectivity index (χ0v) is 33.2. The normalized spacial score (nSPS) is 20.3. The van der Waals surface area contributed by atoms with Gasteiger partial charge in [0.15, 0.2) is 5.69 Å². The quantitative estimate of drug-likeness (QED) is 0.187. The number of morpholine rings is 1. The topological polar surface area (TPSA) is 233 Å². The lowest BCUT2D eigenvalue weighted by molar-refractivity contribution is -0.136. The molecule has 19 nitrogen and oxygen atoms in total. The van der Waals surface area contributed by atoms with E-state index in [9.17, 15) is 33.6 Å². The number of nitrogens with two attached hydrogens (primary N) is 1. The van der Waals surface area contributed by atoms with Gasteiger partial charge in [-0.15, -0.1) is 0 Å². The van der Waals surface area contributed by atoms with Crippen molar-refractivity contribution in [1.82, 2.24) is 25.0 Å². The second kappa shape index (κ2) is 17.5.